The molecule has 0 aromatic heterocycles. The van der Waals surface area contributed by atoms with Gasteiger partial charge in [-0.1, -0.05) is 13.8 Å². The first-order chi connectivity index (χ1) is 5.14. The number of rotatable bonds is 2. The molecule has 1 heterocycles. The van der Waals surface area contributed by atoms with Crippen molar-refractivity contribution >= 4 is 0 Å². The average Bonchev–Trinajstić information content (AvgIpc) is 1.94. The molecular weight excluding hydrogens is 138 g/mol. The number of nitrogens with one attached hydrogen (secondary N) is 1. The summed E-state index contributed by atoms with van der Waals surface area (Å²) >= 11 is 0. The molecule has 0 spiro atoms. The van der Waals surface area contributed by atoms with E-state index in [2.05, 4.69) is 19.2 Å². The first-order valence-corrected chi connectivity index (χ1v) is 4.40. The van der Waals surface area contributed by atoms with Crippen LogP contribution in [-0.4, -0.2) is 26.3 Å². The molecule has 1 saturated heterocycles. The third-order valence-electron chi connectivity index (χ3n) is 2.28. The summed E-state index contributed by atoms with van der Waals surface area (Å²) in [5.74, 6) is 0. The summed E-state index contributed by atoms with van der Waals surface area (Å²) in [5.41, 5.74) is 0.407. The second-order valence-electron chi connectivity index (χ2n) is 4.19. The van der Waals surface area contributed by atoms with Gasteiger partial charge in [-0.15, -0.1) is 0 Å². The van der Waals surface area contributed by atoms with Crippen molar-refractivity contribution in [3.8, 4) is 0 Å². The van der Waals surface area contributed by atoms with Crippen LogP contribution in [0.25, 0.3) is 0 Å². The topological polar surface area (TPSA) is 21.3 Å². The molecule has 1 N–H and O–H groups in total. The highest BCUT2D eigenvalue weighted by Gasteiger charge is 2.26. The summed E-state index contributed by atoms with van der Waals surface area (Å²) < 4.78 is 5.67. The van der Waals surface area contributed by atoms with Crippen LogP contribution < -0.4 is 5.32 Å². The molecule has 66 valence electrons. The zero-order valence-electron chi connectivity index (χ0n) is 7.81. The fourth-order valence-corrected chi connectivity index (χ4v) is 1.44. The maximum atomic E-state index is 5.67. The zero-order chi connectivity index (χ0) is 8.32. The van der Waals surface area contributed by atoms with Crippen LogP contribution in [0.1, 0.15) is 26.7 Å². The van der Waals surface area contributed by atoms with Gasteiger partial charge in [-0.25, -0.2) is 0 Å². The lowest BCUT2D eigenvalue weighted by molar-refractivity contribution is -0.0459. The SMILES string of the molecule is CNCC1CCC(C)(C)CO1. The Morgan fingerprint density at radius 2 is 2.27 bits per heavy atom. The van der Waals surface area contributed by atoms with Crippen LogP contribution >= 0.6 is 0 Å². The lowest BCUT2D eigenvalue weighted by atomic mass is 9.85. The van der Waals surface area contributed by atoms with E-state index in [1.165, 1.54) is 12.8 Å². The van der Waals surface area contributed by atoms with Crippen LogP contribution in [0.5, 0.6) is 0 Å². The van der Waals surface area contributed by atoms with Crippen molar-refractivity contribution < 1.29 is 4.74 Å². The summed E-state index contributed by atoms with van der Waals surface area (Å²) in [6, 6.07) is 0. The molecule has 2 heteroatoms. The predicted octanol–water partition coefficient (Wildman–Crippen LogP) is 1.41. The molecule has 1 aliphatic rings. The van der Waals surface area contributed by atoms with Gasteiger partial charge in [0.2, 0.25) is 0 Å². The highest BCUT2D eigenvalue weighted by molar-refractivity contribution is 4.77. The van der Waals surface area contributed by atoms with Crippen LogP contribution in [0.15, 0.2) is 0 Å². The molecular formula is C9H19NO. The van der Waals surface area contributed by atoms with Crippen molar-refractivity contribution in [1.29, 1.82) is 0 Å². The number of hydrogen-bond donors (Lipinski definition) is 1. The molecule has 11 heavy (non-hydrogen) atoms. The fourth-order valence-electron chi connectivity index (χ4n) is 1.44. The van der Waals surface area contributed by atoms with Gasteiger partial charge in [-0.2, -0.15) is 0 Å². The standard InChI is InChI=1S/C9H19NO/c1-9(2)5-4-8(6-10-3)11-7-9/h8,10H,4-7H2,1-3H3. The Hall–Kier alpha value is -0.0800. The minimum Gasteiger partial charge on any atom is -0.376 e. The molecule has 1 rings (SSSR count). The average molecular weight is 157 g/mol. The van der Waals surface area contributed by atoms with Gasteiger partial charge in [0.25, 0.3) is 0 Å². The van der Waals surface area contributed by atoms with Gasteiger partial charge in [-0.05, 0) is 25.3 Å². The number of ether oxygens (including phenoxy) is 1. The lowest BCUT2D eigenvalue weighted by Gasteiger charge is -2.34. The Labute approximate surface area is 69.3 Å². The van der Waals surface area contributed by atoms with Gasteiger partial charge >= 0.3 is 0 Å². The second-order valence-corrected chi connectivity index (χ2v) is 4.19. The van der Waals surface area contributed by atoms with Crippen molar-refractivity contribution in [3.05, 3.63) is 0 Å². The van der Waals surface area contributed by atoms with Gasteiger partial charge in [-0.3, -0.25) is 0 Å². The summed E-state index contributed by atoms with van der Waals surface area (Å²) in [6.45, 7) is 6.45. The Morgan fingerprint density at radius 3 is 2.73 bits per heavy atom. The van der Waals surface area contributed by atoms with Crippen LogP contribution in [0.4, 0.5) is 0 Å². The first kappa shape index (κ1) is 9.01. The monoisotopic (exact) mass is 157 g/mol. The highest BCUT2D eigenvalue weighted by Crippen LogP contribution is 2.29. The van der Waals surface area contributed by atoms with Crippen LogP contribution in [0.3, 0.4) is 0 Å². The highest BCUT2D eigenvalue weighted by atomic mass is 16.5. The molecule has 0 aliphatic carbocycles. The van der Waals surface area contributed by atoms with Crippen molar-refractivity contribution in [2.75, 3.05) is 20.2 Å². The summed E-state index contributed by atoms with van der Waals surface area (Å²) in [7, 11) is 1.98. The summed E-state index contributed by atoms with van der Waals surface area (Å²) in [4.78, 5) is 0. The van der Waals surface area contributed by atoms with E-state index in [1.807, 2.05) is 7.05 Å². The van der Waals surface area contributed by atoms with Gasteiger partial charge in [0, 0.05) is 6.54 Å². The van der Waals surface area contributed by atoms with Crippen LogP contribution in [0.2, 0.25) is 0 Å². The number of hydrogen-bond acceptors (Lipinski definition) is 2. The molecule has 1 unspecified atom stereocenters. The maximum absolute atomic E-state index is 5.67. The predicted molar refractivity (Wildman–Crippen MR) is 46.7 cm³/mol. The molecule has 1 fully saturated rings. The summed E-state index contributed by atoms with van der Waals surface area (Å²) in [6.07, 6.45) is 2.95. The minimum absolute atomic E-state index is 0.407. The van der Waals surface area contributed by atoms with Crippen molar-refractivity contribution in [3.63, 3.8) is 0 Å². The van der Waals surface area contributed by atoms with Gasteiger partial charge in [0.1, 0.15) is 0 Å². The van der Waals surface area contributed by atoms with E-state index >= 15 is 0 Å². The van der Waals surface area contributed by atoms with E-state index < -0.39 is 0 Å². The molecule has 0 bridgehead atoms. The van der Waals surface area contributed by atoms with Crippen LogP contribution in [-0.2, 0) is 4.74 Å². The maximum Gasteiger partial charge on any atom is 0.0699 e. The molecule has 0 aromatic rings. The van der Waals surface area contributed by atoms with Gasteiger partial charge in [0.15, 0.2) is 0 Å². The lowest BCUT2D eigenvalue weighted by Crippen LogP contribution is -2.36. The van der Waals surface area contributed by atoms with E-state index in [9.17, 15) is 0 Å². The Balaban J connectivity index is 2.25. The largest absolute Gasteiger partial charge is 0.376 e. The van der Waals surface area contributed by atoms with Crippen molar-refractivity contribution in [1.82, 2.24) is 5.32 Å². The molecule has 1 aliphatic heterocycles. The quantitative estimate of drug-likeness (QED) is 0.654. The Kier molecular flexibility index (Phi) is 2.90. The van der Waals surface area contributed by atoms with Crippen molar-refractivity contribution in [2.45, 2.75) is 32.8 Å². The van der Waals surface area contributed by atoms with E-state index in [4.69, 9.17) is 4.74 Å². The molecule has 0 aromatic carbocycles. The van der Waals surface area contributed by atoms with E-state index in [0.29, 0.717) is 11.5 Å². The van der Waals surface area contributed by atoms with E-state index in [-0.39, 0.29) is 0 Å². The normalized spacial score (nSPS) is 30.3. The Morgan fingerprint density at radius 1 is 1.55 bits per heavy atom. The first-order valence-electron chi connectivity index (χ1n) is 4.40. The van der Waals surface area contributed by atoms with Gasteiger partial charge < -0.3 is 10.1 Å². The fraction of sp³-hybridized carbons (Fsp3) is 1.00. The third-order valence-corrected chi connectivity index (χ3v) is 2.28. The van der Waals surface area contributed by atoms with Crippen molar-refractivity contribution in [2.24, 2.45) is 5.41 Å². The molecule has 1 atom stereocenters. The smallest absolute Gasteiger partial charge is 0.0699 e. The molecule has 0 amide bonds. The van der Waals surface area contributed by atoms with Gasteiger partial charge in [0.05, 0.1) is 12.7 Å². The number of likely N-dealkylation sites (N-methyl/N-ethyl adjacent to an activating group) is 1. The third kappa shape index (κ3) is 2.80. The van der Waals surface area contributed by atoms with E-state index in [1.54, 1.807) is 0 Å². The zero-order valence-corrected chi connectivity index (χ0v) is 7.81. The minimum atomic E-state index is 0.407. The van der Waals surface area contributed by atoms with E-state index in [0.717, 1.165) is 13.2 Å². The molecule has 0 radical (unpaired) electrons. The molecule has 2 nitrogen and oxygen atoms in total. The molecule has 0 saturated carbocycles. The Bertz CT molecular complexity index is 113. The van der Waals surface area contributed by atoms with Crippen LogP contribution in [0, 0.1) is 5.41 Å². The summed E-state index contributed by atoms with van der Waals surface area (Å²) in [5, 5.41) is 3.14. The second kappa shape index (κ2) is 3.55.